The number of hydrogen-bond acceptors (Lipinski definition) is 2. The van der Waals surface area contributed by atoms with Gasteiger partial charge in [0.2, 0.25) is 0 Å². The standard InChI is InChI=1S/C24H24F3N3O/c25-24(26,27)16-5-3-6-17(15-16)29-11-13-30(14-12-29)23(31)20-9-4-8-19-18-7-1-2-10-21(18)28-22(19)20/h3-6,8-9,15,28H,1-2,7,10-14H2. The minimum atomic E-state index is -4.36. The smallest absolute Gasteiger partial charge is 0.368 e. The van der Waals surface area contributed by atoms with E-state index >= 15 is 0 Å². The Kier molecular flexibility index (Phi) is 4.91. The molecule has 0 atom stereocenters. The maximum absolute atomic E-state index is 13.3. The topological polar surface area (TPSA) is 39.3 Å². The predicted molar refractivity (Wildman–Crippen MR) is 115 cm³/mol. The van der Waals surface area contributed by atoms with Gasteiger partial charge in [0, 0.05) is 42.9 Å². The second kappa shape index (κ2) is 7.62. The predicted octanol–water partition coefficient (Wildman–Crippen LogP) is 5.03. The van der Waals surface area contributed by atoms with Gasteiger partial charge in [-0.05, 0) is 55.5 Å². The highest BCUT2D eigenvalue weighted by molar-refractivity contribution is 6.07. The Balaban J connectivity index is 1.34. The van der Waals surface area contributed by atoms with Crippen LogP contribution in [-0.4, -0.2) is 42.0 Å². The van der Waals surface area contributed by atoms with Crippen molar-refractivity contribution in [3.8, 4) is 0 Å². The van der Waals surface area contributed by atoms with Gasteiger partial charge in [0.05, 0.1) is 16.6 Å². The zero-order chi connectivity index (χ0) is 21.6. The number of nitrogens with one attached hydrogen (secondary N) is 1. The van der Waals surface area contributed by atoms with Crippen LogP contribution in [0.3, 0.4) is 0 Å². The number of rotatable bonds is 2. The van der Waals surface area contributed by atoms with Gasteiger partial charge < -0.3 is 14.8 Å². The number of fused-ring (bicyclic) bond motifs is 3. The monoisotopic (exact) mass is 427 g/mol. The number of aryl methyl sites for hydroxylation is 2. The number of anilines is 1. The first-order chi connectivity index (χ1) is 14.9. The summed E-state index contributed by atoms with van der Waals surface area (Å²) in [6.07, 6.45) is 0.0495. The Morgan fingerprint density at radius 2 is 1.68 bits per heavy atom. The second-order valence-corrected chi connectivity index (χ2v) is 8.34. The van der Waals surface area contributed by atoms with Crippen molar-refractivity contribution < 1.29 is 18.0 Å². The summed E-state index contributed by atoms with van der Waals surface area (Å²) in [5.41, 5.74) is 4.08. The van der Waals surface area contributed by atoms with E-state index in [9.17, 15) is 18.0 Å². The largest absolute Gasteiger partial charge is 0.416 e. The van der Waals surface area contributed by atoms with E-state index in [0.717, 1.165) is 29.8 Å². The average Bonchev–Trinajstić information content (AvgIpc) is 3.17. The molecule has 162 valence electrons. The average molecular weight is 427 g/mol. The van der Waals surface area contributed by atoms with Gasteiger partial charge in [0.25, 0.3) is 5.91 Å². The number of aromatic amines is 1. The Morgan fingerprint density at radius 3 is 2.45 bits per heavy atom. The SMILES string of the molecule is O=C(c1cccc2c3c([nH]c12)CCCC3)N1CCN(c2cccc(C(F)(F)F)c2)CC1. The number of aromatic nitrogens is 1. The molecule has 5 rings (SSSR count). The van der Waals surface area contributed by atoms with Gasteiger partial charge in [-0.2, -0.15) is 13.2 Å². The molecule has 1 N–H and O–H groups in total. The van der Waals surface area contributed by atoms with E-state index in [-0.39, 0.29) is 5.91 Å². The van der Waals surface area contributed by atoms with Crippen LogP contribution in [0.4, 0.5) is 18.9 Å². The quantitative estimate of drug-likeness (QED) is 0.623. The molecular formula is C24H24F3N3O. The molecule has 0 spiro atoms. The molecule has 1 aliphatic heterocycles. The summed E-state index contributed by atoms with van der Waals surface area (Å²) in [4.78, 5) is 20.5. The molecule has 2 aromatic carbocycles. The fraction of sp³-hybridized carbons (Fsp3) is 0.375. The van der Waals surface area contributed by atoms with Gasteiger partial charge in [0.15, 0.2) is 0 Å². The highest BCUT2D eigenvalue weighted by Gasteiger charge is 2.31. The summed E-state index contributed by atoms with van der Waals surface area (Å²) in [7, 11) is 0. The molecule has 4 nitrogen and oxygen atoms in total. The minimum Gasteiger partial charge on any atom is -0.368 e. The number of nitrogens with zero attached hydrogens (tertiary/aromatic N) is 2. The lowest BCUT2D eigenvalue weighted by Crippen LogP contribution is -2.48. The van der Waals surface area contributed by atoms with E-state index in [1.54, 1.807) is 11.0 Å². The molecule has 0 radical (unpaired) electrons. The number of benzene rings is 2. The van der Waals surface area contributed by atoms with Crippen LogP contribution in [0.15, 0.2) is 42.5 Å². The first-order valence-corrected chi connectivity index (χ1v) is 10.8. The van der Waals surface area contributed by atoms with E-state index in [0.29, 0.717) is 37.4 Å². The molecule has 0 bridgehead atoms. The van der Waals surface area contributed by atoms with Crippen LogP contribution in [-0.2, 0) is 19.0 Å². The number of alkyl halides is 3. The van der Waals surface area contributed by atoms with Gasteiger partial charge >= 0.3 is 6.18 Å². The number of piperazine rings is 1. The summed E-state index contributed by atoms with van der Waals surface area (Å²) < 4.78 is 39.1. The molecule has 1 saturated heterocycles. The number of hydrogen-bond donors (Lipinski definition) is 1. The highest BCUT2D eigenvalue weighted by Crippen LogP contribution is 2.33. The number of amides is 1. The number of carbonyl (C=O) groups is 1. The van der Waals surface area contributed by atoms with E-state index in [2.05, 4.69) is 11.1 Å². The first kappa shape index (κ1) is 20.0. The lowest BCUT2D eigenvalue weighted by Gasteiger charge is -2.36. The zero-order valence-electron chi connectivity index (χ0n) is 17.1. The van der Waals surface area contributed by atoms with Crippen LogP contribution in [0.1, 0.15) is 40.0 Å². The normalized spacial score (nSPS) is 17.1. The van der Waals surface area contributed by atoms with Crippen LogP contribution in [0.2, 0.25) is 0 Å². The lowest BCUT2D eigenvalue weighted by molar-refractivity contribution is -0.137. The third-order valence-corrected chi connectivity index (χ3v) is 6.47. The van der Waals surface area contributed by atoms with Crippen molar-refractivity contribution in [2.75, 3.05) is 31.1 Å². The fourth-order valence-electron chi connectivity index (χ4n) is 4.83. The van der Waals surface area contributed by atoms with Crippen LogP contribution < -0.4 is 4.90 Å². The van der Waals surface area contributed by atoms with Gasteiger partial charge in [-0.1, -0.05) is 18.2 Å². The molecule has 1 aromatic heterocycles. The Hall–Kier alpha value is -2.96. The van der Waals surface area contributed by atoms with Gasteiger partial charge in [-0.15, -0.1) is 0 Å². The Morgan fingerprint density at radius 1 is 0.935 bits per heavy atom. The maximum Gasteiger partial charge on any atom is 0.416 e. The highest BCUT2D eigenvalue weighted by atomic mass is 19.4. The number of carbonyl (C=O) groups excluding carboxylic acids is 1. The van der Waals surface area contributed by atoms with Gasteiger partial charge in [-0.3, -0.25) is 4.79 Å². The molecule has 7 heteroatoms. The van der Waals surface area contributed by atoms with Gasteiger partial charge in [0.1, 0.15) is 0 Å². The molecule has 0 saturated carbocycles. The fourth-order valence-corrected chi connectivity index (χ4v) is 4.83. The molecule has 1 amide bonds. The van der Waals surface area contributed by atoms with Gasteiger partial charge in [-0.25, -0.2) is 0 Å². The van der Waals surface area contributed by atoms with E-state index in [4.69, 9.17) is 0 Å². The molecule has 1 aliphatic carbocycles. The first-order valence-electron chi connectivity index (χ1n) is 10.8. The minimum absolute atomic E-state index is 0.0205. The molecule has 31 heavy (non-hydrogen) atoms. The molecule has 0 unspecified atom stereocenters. The van der Waals surface area contributed by atoms with Crippen LogP contribution in [0, 0.1) is 0 Å². The Labute approximate surface area is 178 Å². The summed E-state index contributed by atoms with van der Waals surface area (Å²) in [5.74, 6) is -0.0205. The zero-order valence-corrected chi connectivity index (χ0v) is 17.1. The van der Waals surface area contributed by atoms with Crippen molar-refractivity contribution in [2.24, 2.45) is 0 Å². The molecule has 3 aromatic rings. The van der Waals surface area contributed by atoms with Crippen LogP contribution >= 0.6 is 0 Å². The lowest BCUT2D eigenvalue weighted by atomic mass is 9.95. The van der Waals surface area contributed by atoms with E-state index in [1.165, 1.54) is 36.2 Å². The summed E-state index contributed by atoms with van der Waals surface area (Å²) in [5, 5.41) is 1.14. The van der Waals surface area contributed by atoms with Crippen LogP contribution in [0.25, 0.3) is 10.9 Å². The summed E-state index contributed by atoms with van der Waals surface area (Å²) >= 11 is 0. The van der Waals surface area contributed by atoms with Crippen LogP contribution in [0.5, 0.6) is 0 Å². The van der Waals surface area contributed by atoms with E-state index < -0.39 is 11.7 Å². The van der Waals surface area contributed by atoms with Crippen molar-refractivity contribution in [3.05, 3.63) is 64.8 Å². The molecule has 2 heterocycles. The maximum atomic E-state index is 13.3. The summed E-state index contributed by atoms with van der Waals surface area (Å²) in [6, 6.07) is 11.3. The number of H-pyrrole nitrogens is 1. The number of para-hydroxylation sites is 1. The number of halogens is 3. The second-order valence-electron chi connectivity index (χ2n) is 8.34. The molecule has 1 fully saturated rings. The van der Waals surface area contributed by atoms with Crippen molar-refractivity contribution in [3.63, 3.8) is 0 Å². The summed E-state index contributed by atoms with van der Waals surface area (Å²) in [6.45, 7) is 1.96. The van der Waals surface area contributed by atoms with Crippen molar-refractivity contribution in [1.82, 2.24) is 9.88 Å². The Bertz CT molecular complexity index is 1130. The third-order valence-electron chi connectivity index (χ3n) is 6.47. The van der Waals surface area contributed by atoms with E-state index in [1.807, 2.05) is 17.0 Å². The molecule has 2 aliphatic rings. The van der Waals surface area contributed by atoms with Crippen molar-refractivity contribution >= 4 is 22.5 Å². The van der Waals surface area contributed by atoms with Crippen molar-refractivity contribution in [1.29, 1.82) is 0 Å². The molecular weight excluding hydrogens is 403 g/mol. The third kappa shape index (κ3) is 3.66. The van der Waals surface area contributed by atoms with Crippen molar-refractivity contribution in [2.45, 2.75) is 31.9 Å².